The zero-order valence-corrected chi connectivity index (χ0v) is 33.1. The van der Waals surface area contributed by atoms with Gasteiger partial charge in [-0.2, -0.15) is 0 Å². The van der Waals surface area contributed by atoms with Crippen LogP contribution in [0, 0.1) is 0 Å². The van der Waals surface area contributed by atoms with E-state index < -0.39 is 0 Å². The summed E-state index contributed by atoms with van der Waals surface area (Å²) in [6.07, 6.45) is 28.4. The lowest BCUT2D eigenvalue weighted by Crippen LogP contribution is -2.19. The fraction of sp³-hybridized carbons (Fsp3) is 0.185. The maximum Gasteiger partial charge on any atom is 0.0121 e. The lowest BCUT2D eigenvalue weighted by Gasteiger charge is -2.28. The summed E-state index contributed by atoms with van der Waals surface area (Å²) >= 11 is 0. The van der Waals surface area contributed by atoms with Gasteiger partial charge in [-0.25, -0.2) is 0 Å². The minimum absolute atomic E-state index is 0.00901. The SMILES string of the molecule is C=CC\C=C/C(=C\C(=C)/C=C\C)C1=C(C=C)/C(C=C)=C(/c2ccc(-c3ccc4c(c3)C(C)(C)C3=C4c4ccccc4CC3)cc2)C(=C)/C=C\C=C/C\1.CC. The van der Waals surface area contributed by atoms with Gasteiger partial charge in [-0.15, -0.1) is 6.58 Å². The van der Waals surface area contributed by atoms with Gasteiger partial charge in [0.25, 0.3) is 0 Å². The Morgan fingerprint density at radius 1 is 0.778 bits per heavy atom. The molecule has 0 heteroatoms. The van der Waals surface area contributed by atoms with E-state index in [0.717, 1.165) is 63.8 Å². The van der Waals surface area contributed by atoms with E-state index >= 15 is 0 Å². The van der Waals surface area contributed by atoms with E-state index in [4.69, 9.17) is 0 Å². The van der Waals surface area contributed by atoms with Gasteiger partial charge in [-0.3, -0.25) is 0 Å². The van der Waals surface area contributed by atoms with Crippen LogP contribution in [0.5, 0.6) is 0 Å². The number of rotatable bonds is 10. The highest BCUT2D eigenvalue weighted by atomic mass is 14.4. The predicted molar refractivity (Wildman–Crippen MR) is 239 cm³/mol. The number of allylic oxidation sites excluding steroid dienone is 20. The van der Waals surface area contributed by atoms with Crippen LogP contribution in [0.2, 0.25) is 0 Å². The Kier molecular flexibility index (Phi) is 13.1. The summed E-state index contributed by atoms with van der Waals surface area (Å²) < 4.78 is 0. The smallest absolute Gasteiger partial charge is 0.0121 e. The van der Waals surface area contributed by atoms with Gasteiger partial charge in [0.1, 0.15) is 0 Å². The average Bonchev–Trinajstić information content (AvgIpc) is 3.43. The van der Waals surface area contributed by atoms with E-state index in [1.54, 1.807) is 5.57 Å². The van der Waals surface area contributed by atoms with Crippen LogP contribution in [0.15, 0.2) is 212 Å². The zero-order valence-electron chi connectivity index (χ0n) is 33.1. The molecule has 3 aromatic carbocycles. The van der Waals surface area contributed by atoms with E-state index in [-0.39, 0.29) is 5.41 Å². The summed E-state index contributed by atoms with van der Waals surface area (Å²) in [5.41, 5.74) is 19.3. The Morgan fingerprint density at radius 3 is 2.19 bits per heavy atom. The molecule has 0 radical (unpaired) electrons. The minimum Gasteiger partial charge on any atom is -0.103 e. The van der Waals surface area contributed by atoms with E-state index in [2.05, 4.69) is 156 Å². The van der Waals surface area contributed by atoms with Crippen LogP contribution >= 0.6 is 0 Å². The molecule has 0 nitrogen and oxygen atoms in total. The Hall–Kier alpha value is -5.72. The maximum atomic E-state index is 4.55. The highest BCUT2D eigenvalue weighted by Gasteiger charge is 2.40. The Morgan fingerprint density at radius 2 is 1.48 bits per heavy atom. The first-order chi connectivity index (χ1) is 26.2. The summed E-state index contributed by atoms with van der Waals surface area (Å²) in [5.74, 6) is 0. The lowest BCUT2D eigenvalue weighted by atomic mass is 9.76. The minimum atomic E-state index is -0.00901. The largest absolute Gasteiger partial charge is 0.103 e. The Labute approximate surface area is 326 Å². The fourth-order valence-corrected chi connectivity index (χ4v) is 8.06. The van der Waals surface area contributed by atoms with Crippen LogP contribution in [0.1, 0.15) is 81.7 Å². The van der Waals surface area contributed by atoms with Crippen molar-refractivity contribution in [1.29, 1.82) is 0 Å². The Balaban J connectivity index is 0.00000276. The zero-order chi connectivity index (χ0) is 38.8. The second-order valence-corrected chi connectivity index (χ2v) is 14.2. The quantitative estimate of drug-likeness (QED) is 0.146. The first-order valence-corrected chi connectivity index (χ1v) is 19.4. The molecule has 3 aromatic rings. The molecular weight excluding hydrogens is 649 g/mol. The molecule has 54 heavy (non-hydrogen) atoms. The molecule has 3 aliphatic rings. The van der Waals surface area contributed by atoms with Crippen LogP contribution in [0.4, 0.5) is 0 Å². The van der Waals surface area contributed by atoms with Crippen molar-refractivity contribution in [3.63, 3.8) is 0 Å². The molecule has 0 saturated carbocycles. The Bertz CT molecular complexity index is 2220. The normalized spacial score (nSPS) is 20.4. The fourth-order valence-electron chi connectivity index (χ4n) is 8.06. The lowest BCUT2D eigenvalue weighted by molar-refractivity contribution is 0.604. The summed E-state index contributed by atoms with van der Waals surface area (Å²) in [5, 5.41) is 0. The number of benzene rings is 3. The molecule has 0 saturated heterocycles. The molecule has 0 unspecified atom stereocenters. The average molecular weight is 705 g/mol. The summed E-state index contributed by atoms with van der Waals surface area (Å²) in [6, 6.07) is 25.0. The molecule has 0 aliphatic heterocycles. The molecule has 0 amide bonds. The molecule has 0 atom stereocenters. The van der Waals surface area contributed by atoms with Gasteiger partial charge in [0.2, 0.25) is 0 Å². The van der Waals surface area contributed by atoms with Gasteiger partial charge in [-0.05, 0) is 128 Å². The predicted octanol–water partition coefficient (Wildman–Crippen LogP) is 15.1. The van der Waals surface area contributed by atoms with Crippen molar-refractivity contribution in [2.45, 2.75) is 65.7 Å². The van der Waals surface area contributed by atoms with Crippen molar-refractivity contribution in [3.05, 3.63) is 239 Å². The molecule has 6 rings (SSSR count). The van der Waals surface area contributed by atoms with E-state index in [1.807, 2.05) is 51.2 Å². The van der Waals surface area contributed by atoms with Gasteiger partial charge in [0, 0.05) is 5.41 Å². The van der Waals surface area contributed by atoms with Gasteiger partial charge >= 0.3 is 0 Å². The molecular formula is C54H56. The molecule has 0 heterocycles. The third kappa shape index (κ3) is 7.95. The first kappa shape index (κ1) is 39.5. The summed E-state index contributed by atoms with van der Waals surface area (Å²) in [6.45, 7) is 32.2. The van der Waals surface area contributed by atoms with Gasteiger partial charge in [-0.1, -0.05) is 187 Å². The standard InChI is InChI=1S/C52H50.C2H6/c1-9-13-15-23-42(34-36(5)20-10-2)45-24-17-14-16-21-37(6)50(44(12-4)43(45)11-3)40-28-26-38(27-29-40)41-30-32-47-49(35-41)52(7,8)48-33-31-39-22-18-19-25-46(39)51(47)48;1-2/h9-12,14-23,25-30,32,34-35H,1,3-6,13,24,31,33H2,2,7-8H3;1-2H3/b17-14-,20-10-,21-16-,23-15-,42-34+,45-43+,50-44+;. The number of aryl methyl sites for hydroxylation is 1. The van der Waals surface area contributed by atoms with Crippen LogP contribution in [-0.4, -0.2) is 0 Å². The molecule has 0 fully saturated rings. The van der Waals surface area contributed by atoms with Crippen molar-refractivity contribution in [2.75, 3.05) is 0 Å². The third-order valence-corrected chi connectivity index (χ3v) is 10.6. The molecule has 0 bridgehead atoms. The number of hydrogen-bond acceptors (Lipinski definition) is 0. The third-order valence-electron chi connectivity index (χ3n) is 10.6. The highest BCUT2D eigenvalue weighted by Crippen LogP contribution is 2.53. The maximum absolute atomic E-state index is 4.55. The first-order valence-electron chi connectivity index (χ1n) is 19.4. The molecule has 0 aromatic heterocycles. The van der Waals surface area contributed by atoms with E-state index in [0.29, 0.717) is 6.42 Å². The topological polar surface area (TPSA) is 0 Å². The van der Waals surface area contributed by atoms with Crippen molar-refractivity contribution in [3.8, 4) is 11.1 Å². The van der Waals surface area contributed by atoms with E-state index in [9.17, 15) is 0 Å². The molecule has 3 aliphatic carbocycles. The van der Waals surface area contributed by atoms with Crippen LogP contribution in [0.25, 0.3) is 22.3 Å². The van der Waals surface area contributed by atoms with Crippen molar-refractivity contribution < 1.29 is 0 Å². The van der Waals surface area contributed by atoms with Crippen LogP contribution in [0.3, 0.4) is 0 Å². The highest BCUT2D eigenvalue weighted by molar-refractivity contribution is 5.93. The second-order valence-electron chi connectivity index (χ2n) is 14.2. The molecule has 0 spiro atoms. The van der Waals surface area contributed by atoms with Crippen molar-refractivity contribution in [2.24, 2.45) is 0 Å². The monoisotopic (exact) mass is 704 g/mol. The van der Waals surface area contributed by atoms with Crippen LogP contribution in [-0.2, 0) is 11.8 Å². The number of fused-ring (bicyclic) bond motifs is 4. The van der Waals surface area contributed by atoms with Crippen LogP contribution < -0.4 is 0 Å². The van der Waals surface area contributed by atoms with Gasteiger partial charge in [0.05, 0.1) is 0 Å². The second kappa shape index (κ2) is 17.9. The summed E-state index contributed by atoms with van der Waals surface area (Å²) in [7, 11) is 0. The van der Waals surface area contributed by atoms with E-state index in [1.165, 1.54) is 39.0 Å². The summed E-state index contributed by atoms with van der Waals surface area (Å²) in [4.78, 5) is 0. The van der Waals surface area contributed by atoms with Gasteiger partial charge in [0.15, 0.2) is 0 Å². The van der Waals surface area contributed by atoms with Crippen molar-refractivity contribution >= 4 is 11.1 Å². The van der Waals surface area contributed by atoms with Gasteiger partial charge < -0.3 is 0 Å². The molecule has 0 N–H and O–H groups in total. The number of hydrogen-bond donors (Lipinski definition) is 0. The van der Waals surface area contributed by atoms with Crippen molar-refractivity contribution in [1.82, 2.24) is 0 Å². The molecule has 272 valence electrons.